The van der Waals surface area contributed by atoms with E-state index in [2.05, 4.69) is 24.4 Å². The summed E-state index contributed by atoms with van der Waals surface area (Å²) in [5.74, 6) is 2.20. The van der Waals surface area contributed by atoms with E-state index in [4.69, 9.17) is 14.2 Å². The fourth-order valence-electron chi connectivity index (χ4n) is 4.22. The number of hydrogen-bond donors (Lipinski definition) is 1. The number of nitrogens with one attached hydrogen (secondary N) is 1. The Morgan fingerprint density at radius 3 is 2.61 bits per heavy atom. The van der Waals surface area contributed by atoms with E-state index in [0.29, 0.717) is 17.9 Å². The molecule has 2 aromatic carbocycles. The van der Waals surface area contributed by atoms with E-state index in [1.165, 1.54) is 12.0 Å². The number of carbonyl (C=O) groups excluding carboxylic acids is 1. The van der Waals surface area contributed by atoms with Crippen LogP contribution in [-0.2, 0) is 11.2 Å². The van der Waals surface area contributed by atoms with Crippen LogP contribution in [0.1, 0.15) is 48.4 Å². The number of rotatable bonds is 5. The molecule has 0 radical (unpaired) electrons. The maximum atomic E-state index is 12.8. The van der Waals surface area contributed by atoms with Gasteiger partial charge < -0.3 is 19.5 Å². The topological polar surface area (TPSA) is 56.8 Å². The molecule has 1 fully saturated rings. The van der Waals surface area contributed by atoms with Gasteiger partial charge in [0.1, 0.15) is 11.4 Å². The third-order valence-electron chi connectivity index (χ3n) is 5.86. The maximum absolute atomic E-state index is 12.8. The van der Waals surface area contributed by atoms with Gasteiger partial charge >= 0.3 is 0 Å². The lowest BCUT2D eigenvalue weighted by Crippen LogP contribution is -2.50. The largest absolute Gasteiger partial charge is 0.493 e. The number of methoxy groups -OCH3 is 2. The number of fused-ring (bicyclic) bond motifs is 1. The van der Waals surface area contributed by atoms with E-state index < -0.39 is 0 Å². The first-order valence-corrected chi connectivity index (χ1v) is 9.82. The zero-order valence-electron chi connectivity index (χ0n) is 16.7. The Labute approximate surface area is 166 Å². The molecule has 1 aliphatic heterocycles. The van der Waals surface area contributed by atoms with Crippen molar-refractivity contribution in [3.8, 4) is 17.2 Å². The molecule has 0 aromatic heterocycles. The average Bonchev–Trinajstić information content (AvgIpc) is 2.66. The van der Waals surface area contributed by atoms with Crippen molar-refractivity contribution in [2.24, 2.45) is 0 Å². The van der Waals surface area contributed by atoms with E-state index in [1.807, 2.05) is 24.3 Å². The number of hydrogen-bond acceptors (Lipinski definition) is 4. The molecule has 1 atom stereocenters. The minimum Gasteiger partial charge on any atom is -0.493 e. The van der Waals surface area contributed by atoms with E-state index >= 15 is 0 Å². The van der Waals surface area contributed by atoms with Crippen molar-refractivity contribution in [3.63, 3.8) is 0 Å². The van der Waals surface area contributed by atoms with Gasteiger partial charge in [0.15, 0.2) is 11.5 Å². The zero-order chi connectivity index (χ0) is 19.7. The summed E-state index contributed by atoms with van der Waals surface area (Å²) in [6.07, 6.45) is 4.44. The SMILES string of the molecule is COc1ccc(CC(=O)NC2CC3(CCC3)Oc3ccc(C)cc32)cc1OC. The number of aryl methyl sites for hydroxylation is 1. The molecule has 5 heteroatoms. The van der Waals surface area contributed by atoms with E-state index in [9.17, 15) is 4.79 Å². The molecule has 1 unspecified atom stereocenters. The second kappa shape index (κ2) is 7.38. The van der Waals surface area contributed by atoms with Gasteiger partial charge in [-0.1, -0.05) is 23.8 Å². The van der Waals surface area contributed by atoms with Crippen molar-refractivity contribution in [2.45, 2.75) is 50.7 Å². The first-order chi connectivity index (χ1) is 13.5. The Morgan fingerprint density at radius 1 is 1.14 bits per heavy atom. The lowest BCUT2D eigenvalue weighted by atomic mass is 9.73. The highest BCUT2D eigenvalue weighted by Gasteiger charge is 2.45. The van der Waals surface area contributed by atoms with E-state index in [0.717, 1.165) is 36.1 Å². The summed E-state index contributed by atoms with van der Waals surface area (Å²) in [7, 11) is 3.20. The van der Waals surface area contributed by atoms with Crippen molar-refractivity contribution in [3.05, 3.63) is 53.1 Å². The van der Waals surface area contributed by atoms with Crippen molar-refractivity contribution in [2.75, 3.05) is 14.2 Å². The van der Waals surface area contributed by atoms with Crippen molar-refractivity contribution in [1.29, 1.82) is 0 Å². The molecular formula is C23H27NO4. The standard InChI is InChI=1S/C23H27NO4/c1-15-5-7-19-17(11-15)18(14-23(28-19)9-4-10-23)24-22(25)13-16-6-8-20(26-2)21(12-16)27-3/h5-8,11-12,18H,4,9-10,13-14H2,1-3H3,(H,24,25). The Bertz CT molecular complexity index is 888. The summed E-state index contributed by atoms with van der Waals surface area (Å²) < 4.78 is 16.9. The normalized spacial score (nSPS) is 19.2. The van der Waals surface area contributed by atoms with E-state index in [-0.39, 0.29) is 17.6 Å². The van der Waals surface area contributed by atoms with Crippen LogP contribution in [-0.4, -0.2) is 25.7 Å². The summed E-state index contributed by atoms with van der Waals surface area (Å²) in [4.78, 5) is 12.8. The third-order valence-corrected chi connectivity index (χ3v) is 5.86. The highest BCUT2D eigenvalue weighted by Crippen LogP contribution is 2.49. The van der Waals surface area contributed by atoms with Gasteiger partial charge in [-0.05, 0) is 49.9 Å². The maximum Gasteiger partial charge on any atom is 0.224 e. The molecule has 1 amide bonds. The van der Waals surface area contributed by atoms with Gasteiger partial charge in [0.2, 0.25) is 5.91 Å². The van der Waals surface area contributed by atoms with Crippen LogP contribution < -0.4 is 19.5 Å². The molecule has 1 heterocycles. The summed E-state index contributed by atoms with van der Waals surface area (Å²) in [6.45, 7) is 2.07. The highest BCUT2D eigenvalue weighted by atomic mass is 16.5. The summed E-state index contributed by atoms with van der Waals surface area (Å²) >= 11 is 0. The molecule has 0 saturated heterocycles. The molecule has 2 aliphatic rings. The van der Waals surface area contributed by atoms with Gasteiger partial charge in [-0.25, -0.2) is 0 Å². The monoisotopic (exact) mass is 381 g/mol. The predicted molar refractivity (Wildman–Crippen MR) is 107 cm³/mol. The van der Waals surface area contributed by atoms with Crippen LogP contribution in [0.3, 0.4) is 0 Å². The van der Waals surface area contributed by atoms with Crippen molar-refractivity contribution >= 4 is 5.91 Å². The Kier molecular flexibility index (Phi) is 4.92. The zero-order valence-corrected chi connectivity index (χ0v) is 16.7. The minimum atomic E-state index is -0.108. The minimum absolute atomic E-state index is 0.000972. The third kappa shape index (κ3) is 3.53. The Balaban J connectivity index is 1.52. The molecule has 28 heavy (non-hydrogen) atoms. The molecule has 5 nitrogen and oxygen atoms in total. The molecule has 2 aromatic rings. The van der Waals surface area contributed by atoms with Gasteiger partial charge in [0, 0.05) is 12.0 Å². The fraction of sp³-hybridized carbons (Fsp3) is 0.435. The molecule has 1 N–H and O–H groups in total. The van der Waals surface area contributed by atoms with Crippen LogP contribution in [0.2, 0.25) is 0 Å². The van der Waals surface area contributed by atoms with Crippen LogP contribution in [0, 0.1) is 6.92 Å². The van der Waals surface area contributed by atoms with E-state index in [1.54, 1.807) is 14.2 Å². The van der Waals surface area contributed by atoms with Crippen LogP contribution >= 0.6 is 0 Å². The van der Waals surface area contributed by atoms with Crippen LogP contribution in [0.25, 0.3) is 0 Å². The van der Waals surface area contributed by atoms with Gasteiger partial charge in [-0.2, -0.15) is 0 Å². The van der Waals surface area contributed by atoms with Crippen molar-refractivity contribution < 1.29 is 19.0 Å². The fourth-order valence-corrected chi connectivity index (χ4v) is 4.22. The second-order valence-corrected chi connectivity index (χ2v) is 7.87. The predicted octanol–water partition coefficient (Wildman–Crippen LogP) is 4.12. The second-order valence-electron chi connectivity index (χ2n) is 7.87. The molecule has 148 valence electrons. The summed E-state index contributed by atoms with van der Waals surface area (Å²) in [5.41, 5.74) is 3.04. The van der Waals surface area contributed by atoms with Crippen LogP contribution in [0.15, 0.2) is 36.4 Å². The molecule has 0 bridgehead atoms. The van der Waals surface area contributed by atoms with Crippen LogP contribution in [0.4, 0.5) is 0 Å². The lowest BCUT2D eigenvalue weighted by molar-refractivity contribution is -0.122. The smallest absolute Gasteiger partial charge is 0.224 e. The molecule has 1 spiro atoms. The molecule has 4 rings (SSSR count). The van der Waals surface area contributed by atoms with Gasteiger partial charge in [-0.3, -0.25) is 4.79 Å². The van der Waals surface area contributed by atoms with Crippen LogP contribution in [0.5, 0.6) is 17.2 Å². The highest BCUT2D eigenvalue weighted by molar-refractivity contribution is 5.79. The quantitative estimate of drug-likeness (QED) is 0.847. The van der Waals surface area contributed by atoms with Crippen molar-refractivity contribution in [1.82, 2.24) is 5.32 Å². The van der Waals surface area contributed by atoms with Gasteiger partial charge in [0.05, 0.1) is 26.7 Å². The Hall–Kier alpha value is -2.69. The van der Waals surface area contributed by atoms with Gasteiger partial charge in [-0.15, -0.1) is 0 Å². The summed E-state index contributed by atoms with van der Waals surface area (Å²) in [6, 6.07) is 11.8. The lowest BCUT2D eigenvalue weighted by Gasteiger charge is -2.48. The average molecular weight is 381 g/mol. The summed E-state index contributed by atoms with van der Waals surface area (Å²) in [5, 5.41) is 3.25. The molecular weight excluding hydrogens is 354 g/mol. The number of benzene rings is 2. The molecule has 1 aliphatic carbocycles. The van der Waals surface area contributed by atoms with Gasteiger partial charge in [0.25, 0.3) is 0 Å². The Morgan fingerprint density at radius 2 is 1.93 bits per heavy atom. The molecule has 1 saturated carbocycles. The number of ether oxygens (including phenoxy) is 3. The number of amides is 1. The number of carbonyl (C=O) groups is 1. The first kappa shape index (κ1) is 18.7. The first-order valence-electron chi connectivity index (χ1n) is 9.82.